The van der Waals surface area contributed by atoms with E-state index in [2.05, 4.69) is 0 Å². The predicted octanol–water partition coefficient (Wildman–Crippen LogP) is 1.66. The minimum Gasteiger partial charge on any atom is -0.495 e. The fourth-order valence-electron chi connectivity index (χ4n) is 2.28. The number of methoxy groups -OCH3 is 1. The van der Waals surface area contributed by atoms with Crippen LogP contribution in [0, 0.1) is 0 Å². The lowest BCUT2D eigenvalue weighted by molar-refractivity contribution is -0.136. The molecule has 0 bridgehead atoms. The number of para-hydroxylation sites is 1. The van der Waals surface area contributed by atoms with Crippen LogP contribution in [-0.2, 0) is 17.8 Å². The van der Waals surface area contributed by atoms with Gasteiger partial charge in [-0.25, -0.2) is 0 Å². The van der Waals surface area contributed by atoms with Crippen LogP contribution in [0.15, 0.2) is 29.1 Å². The Morgan fingerprint density at radius 3 is 2.74 bits per heavy atom. The number of aromatic nitrogens is 1. The van der Waals surface area contributed by atoms with Crippen molar-refractivity contribution >= 4 is 16.9 Å². The van der Waals surface area contributed by atoms with Gasteiger partial charge in [0.15, 0.2) is 5.43 Å². The molecule has 100 valence electrons. The number of pyridine rings is 1. The van der Waals surface area contributed by atoms with Crippen molar-refractivity contribution in [3.63, 3.8) is 0 Å². The van der Waals surface area contributed by atoms with Crippen LogP contribution in [0.5, 0.6) is 5.75 Å². The topological polar surface area (TPSA) is 68.5 Å². The zero-order valence-electron chi connectivity index (χ0n) is 10.8. The van der Waals surface area contributed by atoms with Crippen molar-refractivity contribution in [1.29, 1.82) is 0 Å². The first-order valence-electron chi connectivity index (χ1n) is 5.99. The number of rotatable bonds is 4. The molecule has 2 rings (SSSR count). The van der Waals surface area contributed by atoms with Crippen LogP contribution in [0.4, 0.5) is 0 Å². The van der Waals surface area contributed by atoms with Gasteiger partial charge in [-0.1, -0.05) is 6.07 Å². The van der Waals surface area contributed by atoms with Crippen LogP contribution >= 0.6 is 0 Å². The molecule has 2 aromatic rings. The van der Waals surface area contributed by atoms with E-state index in [-0.39, 0.29) is 11.8 Å². The maximum Gasteiger partial charge on any atom is 0.309 e. The molecule has 19 heavy (non-hydrogen) atoms. The van der Waals surface area contributed by atoms with Gasteiger partial charge in [0.1, 0.15) is 5.75 Å². The molecule has 0 aliphatic rings. The first kappa shape index (κ1) is 13.1. The van der Waals surface area contributed by atoms with Crippen LogP contribution in [0.3, 0.4) is 0 Å². The van der Waals surface area contributed by atoms with Gasteiger partial charge < -0.3 is 14.4 Å². The molecule has 1 N–H and O–H groups in total. The molecule has 0 aliphatic carbocycles. The smallest absolute Gasteiger partial charge is 0.309 e. The average molecular weight is 261 g/mol. The average Bonchev–Trinajstić information content (AvgIpc) is 2.38. The highest BCUT2D eigenvalue weighted by Gasteiger charge is 2.13. The molecule has 0 amide bonds. The molecule has 5 nitrogen and oxygen atoms in total. The Labute approximate surface area is 110 Å². The van der Waals surface area contributed by atoms with Crippen molar-refractivity contribution in [2.75, 3.05) is 7.11 Å². The fraction of sp³-hybridized carbons (Fsp3) is 0.286. The minimum absolute atomic E-state index is 0.183. The van der Waals surface area contributed by atoms with Crippen LogP contribution in [0.1, 0.15) is 12.6 Å². The van der Waals surface area contributed by atoms with E-state index in [1.54, 1.807) is 18.2 Å². The summed E-state index contributed by atoms with van der Waals surface area (Å²) in [5.74, 6) is -0.389. The second-order valence-electron chi connectivity index (χ2n) is 4.17. The third-order valence-corrected chi connectivity index (χ3v) is 3.05. The van der Waals surface area contributed by atoms with Gasteiger partial charge in [-0.2, -0.15) is 0 Å². The summed E-state index contributed by atoms with van der Waals surface area (Å²) in [6.45, 7) is 2.47. The Bertz CT molecular complexity index is 688. The third kappa shape index (κ3) is 2.31. The maximum absolute atomic E-state index is 12.1. The molecule has 0 unspecified atom stereocenters. The van der Waals surface area contributed by atoms with Gasteiger partial charge in [-0.05, 0) is 19.1 Å². The molecule has 0 fully saturated rings. The number of carboxylic acid groups (broad SMARTS) is 1. The summed E-state index contributed by atoms with van der Waals surface area (Å²) in [5.41, 5.74) is 0.947. The predicted molar refractivity (Wildman–Crippen MR) is 71.8 cm³/mol. The Balaban J connectivity index is 2.86. The zero-order chi connectivity index (χ0) is 14.0. The van der Waals surface area contributed by atoms with Gasteiger partial charge in [0.25, 0.3) is 0 Å². The number of aryl methyl sites for hydroxylation is 1. The minimum atomic E-state index is -0.962. The Kier molecular flexibility index (Phi) is 3.55. The second kappa shape index (κ2) is 5.14. The van der Waals surface area contributed by atoms with E-state index < -0.39 is 5.97 Å². The normalized spacial score (nSPS) is 10.6. The van der Waals surface area contributed by atoms with Gasteiger partial charge in [0.05, 0.1) is 19.0 Å². The summed E-state index contributed by atoms with van der Waals surface area (Å²) in [6.07, 6.45) is -0.183. The quantitative estimate of drug-likeness (QED) is 0.908. The van der Waals surface area contributed by atoms with Gasteiger partial charge in [0.2, 0.25) is 0 Å². The van der Waals surface area contributed by atoms with E-state index in [0.717, 1.165) is 0 Å². The Morgan fingerprint density at radius 1 is 1.42 bits per heavy atom. The standard InChI is InChI=1S/C14H15NO4/c1-3-15-9(8-13(17)18)7-11(16)10-5-4-6-12(19-2)14(10)15/h4-7H,3,8H2,1-2H3,(H,17,18). The van der Waals surface area contributed by atoms with Crippen molar-refractivity contribution in [2.45, 2.75) is 19.9 Å². The van der Waals surface area contributed by atoms with Crippen molar-refractivity contribution < 1.29 is 14.6 Å². The Hall–Kier alpha value is -2.30. The number of carbonyl (C=O) groups is 1. The summed E-state index contributed by atoms with van der Waals surface area (Å²) in [5, 5.41) is 9.47. The van der Waals surface area contributed by atoms with E-state index in [9.17, 15) is 9.59 Å². The SMILES string of the molecule is CCn1c(CC(=O)O)cc(=O)c2cccc(OC)c21. The largest absolute Gasteiger partial charge is 0.495 e. The highest BCUT2D eigenvalue weighted by molar-refractivity contribution is 5.86. The molecule has 0 spiro atoms. The third-order valence-electron chi connectivity index (χ3n) is 3.05. The highest BCUT2D eigenvalue weighted by atomic mass is 16.5. The van der Waals surface area contributed by atoms with Crippen molar-refractivity contribution in [1.82, 2.24) is 4.57 Å². The zero-order valence-corrected chi connectivity index (χ0v) is 10.8. The van der Waals surface area contributed by atoms with Crippen molar-refractivity contribution in [3.8, 4) is 5.75 Å². The first-order valence-corrected chi connectivity index (χ1v) is 5.99. The summed E-state index contributed by atoms with van der Waals surface area (Å²) in [4.78, 5) is 22.9. The summed E-state index contributed by atoms with van der Waals surface area (Å²) in [7, 11) is 1.53. The van der Waals surface area contributed by atoms with Gasteiger partial charge in [-0.3, -0.25) is 9.59 Å². The van der Waals surface area contributed by atoms with Gasteiger partial charge in [0, 0.05) is 23.7 Å². The number of hydrogen-bond acceptors (Lipinski definition) is 3. The summed E-state index contributed by atoms with van der Waals surface area (Å²) in [6, 6.07) is 6.62. The van der Waals surface area contributed by atoms with E-state index >= 15 is 0 Å². The Morgan fingerprint density at radius 2 is 2.16 bits per heavy atom. The number of aliphatic carboxylic acids is 1. The number of ether oxygens (including phenoxy) is 1. The van der Waals surface area contributed by atoms with Crippen molar-refractivity contribution in [2.24, 2.45) is 0 Å². The molecule has 0 saturated heterocycles. The monoisotopic (exact) mass is 261 g/mol. The molecule has 0 aliphatic heterocycles. The van der Waals surface area contributed by atoms with E-state index in [4.69, 9.17) is 9.84 Å². The van der Waals surface area contributed by atoms with Crippen LogP contribution in [0.25, 0.3) is 10.9 Å². The van der Waals surface area contributed by atoms with E-state index in [1.807, 2.05) is 11.5 Å². The number of carboxylic acids is 1. The molecule has 0 radical (unpaired) electrons. The molecular formula is C14H15NO4. The van der Waals surface area contributed by atoms with E-state index in [1.165, 1.54) is 13.2 Å². The molecule has 1 heterocycles. The van der Waals surface area contributed by atoms with Crippen LogP contribution in [0.2, 0.25) is 0 Å². The lowest BCUT2D eigenvalue weighted by atomic mass is 10.1. The second-order valence-corrected chi connectivity index (χ2v) is 4.17. The number of benzene rings is 1. The highest BCUT2D eigenvalue weighted by Crippen LogP contribution is 2.24. The molecule has 1 aromatic heterocycles. The number of nitrogens with zero attached hydrogens (tertiary/aromatic N) is 1. The van der Waals surface area contributed by atoms with Crippen molar-refractivity contribution in [3.05, 3.63) is 40.2 Å². The van der Waals surface area contributed by atoms with E-state index in [0.29, 0.717) is 28.9 Å². The van der Waals surface area contributed by atoms with Crippen LogP contribution < -0.4 is 10.2 Å². The molecular weight excluding hydrogens is 246 g/mol. The molecule has 0 atom stereocenters. The first-order chi connectivity index (χ1) is 9.08. The molecule has 0 saturated carbocycles. The lowest BCUT2D eigenvalue weighted by Gasteiger charge is -2.16. The van der Waals surface area contributed by atoms with Crippen LogP contribution in [-0.4, -0.2) is 22.8 Å². The lowest BCUT2D eigenvalue weighted by Crippen LogP contribution is -2.17. The van der Waals surface area contributed by atoms with Gasteiger partial charge in [-0.15, -0.1) is 0 Å². The number of hydrogen-bond donors (Lipinski definition) is 1. The number of fused-ring (bicyclic) bond motifs is 1. The van der Waals surface area contributed by atoms with Gasteiger partial charge >= 0.3 is 5.97 Å². The fourth-order valence-corrected chi connectivity index (χ4v) is 2.28. The summed E-state index contributed by atoms with van der Waals surface area (Å²) < 4.78 is 7.09. The summed E-state index contributed by atoms with van der Waals surface area (Å²) >= 11 is 0. The molecule has 5 heteroatoms. The molecule has 1 aromatic carbocycles. The maximum atomic E-state index is 12.1.